The molecule has 1 atom stereocenters. The Morgan fingerprint density at radius 1 is 0.852 bits per heavy atom. The third-order valence-electron chi connectivity index (χ3n) is 4.25. The number of hydrogen-bond acceptors (Lipinski definition) is 2. The molecule has 0 saturated heterocycles. The van der Waals surface area contributed by atoms with Crippen LogP contribution in [0.25, 0.3) is 11.1 Å². The summed E-state index contributed by atoms with van der Waals surface area (Å²) in [5.41, 5.74) is 1.58. The van der Waals surface area contributed by atoms with Gasteiger partial charge in [-0.15, -0.1) is 0 Å². The van der Waals surface area contributed by atoms with E-state index in [1.54, 1.807) is 12.2 Å². The molecule has 1 aliphatic rings. The molecule has 0 aromatic heterocycles. The van der Waals surface area contributed by atoms with Crippen molar-refractivity contribution >= 4 is 21.2 Å². The van der Waals surface area contributed by atoms with Crippen LogP contribution < -0.4 is 5.14 Å². The van der Waals surface area contributed by atoms with Crippen molar-refractivity contribution in [3.8, 4) is 0 Å². The van der Waals surface area contributed by atoms with Gasteiger partial charge in [-0.25, -0.2) is 13.6 Å². The monoisotopic (exact) mass is 397 g/mol. The van der Waals surface area contributed by atoms with E-state index in [4.69, 9.17) is 5.14 Å². The van der Waals surface area contributed by atoms with Gasteiger partial charge in [-0.1, -0.05) is 36.4 Å². The molecule has 8 heteroatoms. The summed E-state index contributed by atoms with van der Waals surface area (Å²) in [5.74, 6) is -0.504. The summed E-state index contributed by atoms with van der Waals surface area (Å²) in [6.45, 7) is -0.650. The van der Waals surface area contributed by atoms with Gasteiger partial charge in [0.25, 0.3) is 0 Å². The van der Waals surface area contributed by atoms with Gasteiger partial charge >= 0.3 is 6.18 Å². The number of allylic oxidation sites excluding steroid dienone is 4. The number of nitrogens with two attached hydrogens (primary N) is 1. The van der Waals surface area contributed by atoms with Crippen LogP contribution in [0.5, 0.6) is 0 Å². The molecule has 27 heavy (non-hydrogen) atoms. The van der Waals surface area contributed by atoms with Crippen LogP contribution >= 0.6 is 0 Å². The predicted octanol–water partition coefficient (Wildman–Crippen LogP) is 4.42. The molecule has 0 saturated carbocycles. The van der Waals surface area contributed by atoms with Gasteiger partial charge in [0, 0.05) is 5.92 Å². The second kappa shape index (κ2) is 6.94. The van der Waals surface area contributed by atoms with Crippen molar-refractivity contribution in [1.29, 1.82) is 0 Å². The van der Waals surface area contributed by atoms with Gasteiger partial charge in [-0.2, -0.15) is 13.2 Å². The number of primary sulfonamides is 1. The summed E-state index contributed by atoms with van der Waals surface area (Å²) in [6.07, 6.45) is -1.13. The van der Waals surface area contributed by atoms with Crippen LogP contribution in [0.3, 0.4) is 0 Å². The van der Waals surface area contributed by atoms with E-state index in [1.165, 1.54) is 36.4 Å². The van der Waals surface area contributed by atoms with Crippen molar-refractivity contribution in [3.05, 3.63) is 77.4 Å². The van der Waals surface area contributed by atoms with E-state index in [9.17, 15) is 26.0 Å². The van der Waals surface area contributed by atoms with Gasteiger partial charge in [0.05, 0.1) is 17.1 Å². The quantitative estimate of drug-likeness (QED) is 0.777. The standard InChI is InChI=1S/C19H15F4NO2S/c20-11-12-9-17(13-1-5-15(6-2-13)19(21,22)23)18(10-12)14-3-7-16(8-4-14)27(24,25)26/h1-10,12H,11H2,(H2,24,25,26). The second-order valence-electron chi connectivity index (χ2n) is 6.12. The predicted molar refractivity (Wildman–Crippen MR) is 94.7 cm³/mol. The van der Waals surface area contributed by atoms with E-state index in [1.807, 2.05) is 0 Å². The van der Waals surface area contributed by atoms with Crippen molar-refractivity contribution in [2.24, 2.45) is 11.1 Å². The Kier molecular flexibility index (Phi) is 4.96. The van der Waals surface area contributed by atoms with E-state index in [2.05, 4.69) is 0 Å². The lowest BCUT2D eigenvalue weighted by atomic mass is 9.94. The number of hydrogen-bond donors (Lipinski definition) is 1. The Bertz CT molecular complexity index is 1010. The van der Waals surface area contributed by atoms with Crippen molar-refractivity contribution < 1.29 is 26.0 Å². The number of benzene rings is 2. The molecule has 0 spiro atoms. The molecule has 1 aliphatic carbocycles. The van der Waals surface area contributed by atoms with E-state index >= 15 is 0 Å². The van der Waals surface area contributed by atoms with Gasteiger partial charge in [0.1, 0.15) is 0 Å². The zero-order valence-corrected chi connectivity index (χ0v) is 14.7. The van der Waals surface area contributed by atoms with Crippen LogP contribution in [0, 0.1) is 5.92 Å². The highest BCUT2D eigenvalue weighted by molar-refractivity contribution is 7.89. The van der Waals surface area contributed by atoms with E-state index < -0.39 is 34.4 Å². The lowest BCUT2D eigenvalue weighted by Crippen LogP contribution is -2.11. The average Bonchev–Trinajstić information content (AvgIpc) is 3.05. The number of halogens is 4. The highest BCUT2D eigenvalue weighted by atomic mass is 32.2. The topological polar surface area (TPSA) is 60.2 Å². The minimum absolute atomic E-state index is 0.0630. The van der Waals surface area contributed by atoms with Crippen LogP contribution in [0.1, 0.15) is 16.7 Å². The second-order valence-corrected chi connectivity index (χ2v) is 7.68. The minimum Gasteiger partial charge on any atom is -0.250 e. The Hall–Kier alpha value is -2.45. The fourth-order valence-corrected chi connectivity index (χ4v) is 3.43. The zero-order valence-electron chi connectivity index (χ0n) is 13.9. The Balaban J connectivity index is 1.98. The molecule has 1 unspecified atom stereocenters. The molecule has 2 aromatic carbocycles. The summed E-state index contributed by atoms with van der Waals surface area (Å²) in [6, 6.07) is 10.3. The van der Waals surface area contributed by atoms with Gasteiger partial charge < -0.3 is 0 Å². The maximum absolute atomic E-state index is 13.2. The molecule has 142 valence electrons. The molecule has 0 heterocycles. The van der Waals surface area contributed by atoms with Crippen LogP contribution in [-0.2, 0) is 16.2 Å². The van der Waals surface area contributed by atoms with Crippen molar-refractivity contribution in [2.45, 2.75) is 11.1 Å². The molecular formula is C19H15F4NO2S. The third-order valence-corrected chi connectivity index (χ3v) is 5.18. The molecule has 0 fully saturated rings. The minimum atomic E-state index is -4.44. The van der Waals surface area contributed by atoms with Gasteiger partial charge in [-0.05, 0) is 46.5 Å². The van der Waals surface area contributed by atoms with Gasteiger partial charge in [-0.3, -0.25) is 4.39 Å². The molecule has 0 amide bonds. The molecule has 2 N–H and O–H groups in total. The lowest BCUT2D eigenvalue weighted by molar-refractivity contribution is -0.137. The maximum Gasteiger partial charge on any atom is 0.416 e. The number of sulfonamides is 1. The maximum atomic E-state index is 13.2. The zero-order chi connectivity index (χ0) is 19.8. The average molecular weight is 397 g/mol. The van der Waals surface area contributed by atoms with Crippen molar-refractivity contribution in [1.82, 2.24) is 0 Å². The molecule has 3 rings (SSSR count). The smallest absolute Gasteiger partial charge is 0.250 e. The van der Waals surface area contributed by atoms with Crippen LogP contribution in [-0.4, -0.2) is 15.1 Å². The molecular weight excluding hydrogens is 382 g/mol. The fourth-order valence-electron chi connectivity index (χ4n) is 2.91. The number of alkyl halides is 4. The first-order chi connectivity index (χ1) is 12.6. The first kappa shape index (κ1) is 19.3. The van der Waals surface area contributed by atoms with E-state index in [0.29, 0.717) is 22.3 Å². The molecule has 3 nitrogen and oxygen atoms in total. The Labute approximate surface area is 153 Å². The van der Waals surface area contributed by atoms with Crippen LogP contribution in [0.15, 0.2) is 65.6 Å². The largest absolute Gasteiger partial charge is 0.416 e. The van der Waals surface area contributed by atoms with Crippen molar-refractivity contribution in [2.75, 3.05) is 6.67 Å². The molecule has 0 radical (unpaired) electrons. The molecule has 2 aromatic rings. The summed E-state index contributed by atoms with van der Waals surface area (Å²) in [7, 11) is -3.84. The summed E-state index contributed by atoms with van der Waals surface area (Å²) in [4.78, 5) is -0.0630. The fraction of sp³-hybridized carbons (Fsp3) is 0.158. The SMILES string of the molecule is NS(=O)(=O)c1ccc(C2=CC(CF)C=C2c2ccc(C(F)(F)F)cc2)cc1. The van der Waals surface area contributed by atoms with Crippen molar-refractivity contribution in [3.63, 3.8) is 0 Å². The Morgan fingerprint density at radius 2 is 1.30 bits per heavy atom. The first-order valence-electron chi connectivity index (χ1n) is 7.90. The molecule has 0 aliphatic heterocycles. The highest BCUT2D eigenvalue weighted by Crippen LogP contribution is 2.40. The lowest BCUT2D eigenvalue weighted by Gasteiger charge is -2.12. The van der Waals surface area contributed by atoms with Gasteiger partial charge in [0.2, 0.25) is 10.0 Å². The number of rotatable bonds is 4. The van der Waals surface area contributed by atoms with Crippen LogP contribution in [0.2, 0.25) is 0 Å². The van der Waals surface area contributed by atoms with E-state index in [0.717, 1.165) is 12.1 Å². The Morgan fingerprint density at radius 3 is 1.67 bits per heavy atom. The summed E-state index contributed by atoms with van der Waals surface area (Å²) in [5, 5.41) is 5.08. The normalized spacial score (nSPS) is 17.6. The summed E-state index contributed by atoms with van der Waals surface area (Å²) < 4.78 is 74.2. The van der Waals surface area contributed by atoms with Gasteiger partial charge in [0.15, 0.2) is 0 Å². The van der Waals surface area contributed by atoms with E-state index in [-0.39, 0.29) is 4.90 Å². The molecule has 0 bridgehead atoms. The highest BCUT2D eigenvalue weighted by Gasteiger charge is 2.30. The van der Waals surface area contributed by atoms with Crippen LogP contribution in [0.4, 0.5) is 17.6 Å². The first-order valence-corrected chi connectivity index (χ1v) is 9.45. The third kappa shape index (κ3) is 4.12. The summed E-state index contributed by atoms with van der Waals surface area (Å²) >= 11 is 0.